The average molecular weight is 767 g/mol. The zero-order valence-corrected chi connectivity index (χ0v) is 34.2. The van der Waals surface area contributed by atoms with E-state index >= 15 is 0 Å². The predicted octanol–water partition coefficient (Wildman–Crippen LogP) is 8.27. The molecule has 5 rings (SSSR count). The molecule has 3 atom stereocenters. The van der Waals surface area contributed by atoms with Crippen LogP contribution in [0.3, 0.4) is 0 Å². The van der Waals surface area contributed by atoms with E-state index in [4.69, 9.17) is 45.5 Å². The molecule has 7 nitrogen and oxygen atoms in total. The summed E-state index contributed by atoms with van der Waals surface area (Å²) in [7, 11) is 2.07. The van der Waals surface area contributed by atoms with Crippen LogP contribution in [0, 0.1) is 0 Å². The van der Waals surface area contributed by atoms with Crippen molar-refractivity contribution in [2.24, 2.45) is 0 Å². The Bertz CT molecular complexity index is 1760. The summed E-state index contributed by atoms with van der Waals surface area (Å²) in [5, 5.41) is 1.81. The lowest BCUT2D eigenvalue weighted by Crippen LogP contribution is -2.67. The lowest BCUT2D eigenvalue weighted by atomic mass is 10.1. The number of hydrogen-bond donors (Lipinski definition) is 1. The van der Waals surface area contributed by atoms with Gasteiger partial charge in [-0.25, -0.2) is 0 Å². The van der Waals surface area contributed by atoms with Gasteiger partial charge in [0.25, 0.3) is 8.32 Å². The topological polar surface area (TPSA) is 64.6 Å². The Labute approximate surface area is 328 Å². The van der Waals surface area contributed by atoms with Gasteiger partial charge in [0.05, 0.1) is 59.6 Å². The molecule has 286 valence electrons. The first kappa shape index (κ1) is 41.1. The van der Waals surface area contributed by atoms with E-state index in [9.17, 15) is 0 Å². The summed E-state index contributed by atoms with van der Waals surface area (Å²) >= 11 is 5.16. The van der Waals surface area contributed by atoms with Gasteiger partial charge < -0.3 is 32.8 Å². The van der Waals surface area contributed by atoms with Crippen molar-refractivity contribution in [2.75, 3.05) is 34.5 Å². The monoisotopic (exact) mass is 766 g/mol. The number of hydrogen-bond acceptors (Lipinski definition) is 8. The molecule has 0 amide bonds. The molecule has 0 radical (unpaired) electrons. The average Bonchev–Trinajstić information content (AvgIpc) is 3.20. The van der Waals surface area contributed by atoms with E-state index in [0.717, 1.165) is 33.9 Å². The summed E-state index contributed by atoms with van der Waals surface area (Å²) < 4.78 is 43.6. The Kier molecular flexibility index (Phi) is 15.2. The van der Waals surface area contributed by atoms with Gasteiger partial charge in [-0.1, -0.05) is 118 Å². The molecule has 0 bridgehead atoms. The second-order valence-corrected chi connectivity index (χ2v) is 19.2. The molecule has 9 heteroatoms. The zero-order chi connectivity index (χ0) is 38.4. The molecule has 0 unspecified atom stereocenters. The van der Waals surface area contributed by atoms with Gasteiger partial charge in [0.2, 0.25) is 0 Å². The van der Waals surface area contributed by atoms with Crippen LogP contribution in [0.25, 0.3) is 0 Å². The van der Waals surface area contributed by atoms with E-state index < -0.39 is 20.5 Å². The molecule has 0 fully saturated rings. The van der Waals surface area contributed by atoms with Crippen LogP contribution < -0.4 is 24.6 Å². The van der Waals surface area contributed by atoms with Crippen LogP contribution in [0.5, 0.6) is 17.2 Å². The third kappa shape index (κ3) is 10.8. The van der Waals surface area contributed by atoms with Crippen molar-refractivity contribution in [3.8, 4) is 17.2 Å². The molecule has 0 aliphatic rings. The van der Waals surface area contributed by atoms with E-state index in [-0.39, 0.29) is 16.9 Å². The summed E-state index contributed by atoms with van der Waals surface area (Å²) in [6.45, 7) is 8.52. The molecule has 0 saturated carbocycles. The Morgan fingerprint density at radius 1 is 0.519 bits per heavy atom. The summed E-state index contributed by atoms with van der Waals surface area (Å²) in [5.41, 5.74) is 3.04. The minimum atomic E-state index is -2.92. The fourth-order valence-electron chi connectivity index (χ4n) is 6.63. The Balaban J connectivity index is 1.48. The Hall–Kier alpha value is -4.09. The molecule has 0 aliphatic heterocycles. The lowest BCUT2D eigenvalue weighted by Gasteiger charge is -2.44. The molecule has 0 spiro atoms. The van der Waals surface area contributed by atoms with Crippen LogP contribution in [0.4, 0.5) is 0 Å². The van der Waals surface area contributed by atoms with Crippen LogP contribution in [-0.2, 0) is 38.5 Å². The van der Waals surface area contributed by atoms with Crippen LogP contribution >= 0.6 is 12.6 Å². The van der Waals surface area contributed by atoms with Crippen molar-refractivity contribution < 1.29 is 32.8 Å². The molecular formula is C45H54O7SSi. The number of ether oxygens (including phenoxy) is 6. The molecule has 5 aromatic carbocycles. The van der Waals surface area contributed by atoms with Gasteiger partial charge in [-0.15, -0.1) is 0 Å². The molecule has 0 saturated heterocycles. The lowest BCUT2D eigenvalue weighted by molar-refractivity contribution is -0.107. The van der Waals surface area contributed by atoms with Gasteiger partial charge in [0.15, 0.2) is 0 Å². The van der Waals surface area contributed by atoms with Crippen molar-refractivity contribution >= 4 is 31.3 Å². The minimum Gasteiger partial charge on any atom is -0.497 e. The van der Waals surface area contributed by atoms with Gasteiger partial charge in [0, 0.05) is 0 Å². The van der Waals surface area contributed by atoms with Gasteiger partial charge in [-0.3, -0.25) is 0 Å². The molecular weight excluding hydrogens is 713 g/mol. The van der Waals surface area contributed by atoms with Crippen molar-refractivity contribution in [1.82, 2.24) is 0 Å². The van der Waals surface area contributed by atoms with Crippen LogP contribution in [-0.4, -0.2) is 60.3 Å². The SMILES string of the molecule is COc1ccc(COC[C@@H](S)[C@@H](OCc2ccc(OC)cc2)[C@@H](CO[Si](c2ccccc2)(c2ccccc2)C(C)(C)C)OCc2ccc(OC)cc2)cc1. The second kappa shape index (κ2) is 20.0. The maximum atomic E-state index is 7.47. The van der Waals surface area contributed by atoms with E-state index in [1.54, 1.807) is 21.3 Å². The Morgan fingerprint density at radius 3 is 1.33 bits per heavy atom. The van der Waals surface area contributed by atoms with E-state index in [1.165, 1.54) is 10.4 Å². The van der Waals surface area contributed by atoms with E-state index in [1.807, 2.05) is 72.8 Å². The largest absolute Gasteiger partial charge is 0.497 e. The highest BCUT2D eigenvalue weighted by Gasteiger charge is 2.51. The molecule has 0 N–H and O–H groups in total. The van der Waals surface area contributed by atoms with Gasteiger partial charge in [-0.05, 0) is 68.5 Å². The summed E-state index contributed by atoms with van der Waals surface area (Å²) in [6.07, 6.45) is -1.03. The van der Waals surface area contributed by atoms with Crippen molar-refractivity contribution in [2.45, 2.75) is 63.1 Å². The van der Waals surface area contributed by atoms with Crippen molar-refractivity contribution in [3.05, 3.63) is 150 Å². The molecule has 54 heavy (non-hydrogen) atoms. The highest BCUT2D eigenvalue weighted by Crippen LogP contribution is 2.37. The highest BCUT2D eigenvalue weighted by atomic mass is 32.1. The first-order valence-electron chi connectivity index (χ1n) is 18.3. The summed E-state index contributed by atoms with van der Waals surface area (Å²) in [4.78, 5) is 0. The third-order valence-corrected chi connectivity index (χ3v) is 15.0. The van der Waals surface area contributed by atoms with Gasteiger partial charge >= 0.3 is 0 Å². The first-order valence-corrected chi connectivity index (χ1v) is 20.7. The highest BCUT2D eigenvalue weighted by molar-refractivity contribution is 7.81. The number of methoxy groups -OCH3 is 3. The molecule has 5 aromatic rings. The maximum absolute atomic E-state index is 7.47. The van der Waals surface area contributed by atoms with Crippen LogP contribution in [0.15, 0.2) is 133 Å². The smallest absolute Gasteiger partial charge is 0.261 e. The minimum absolute atomic E-state index is 0.225. The number of benzene rings is 5. The number of rotatable bonds is 20. The first-order chi connectivity index (χ1) is 26.2. The maximum Gasteiger partial charge on any atom is 0.261 e. The number of thiol groups is 1. The standard InChI is InChI=1S/C45H54O7SSi/c1-45(2,3)54(40-13-9-7-10-14-40,41-15-11-8-12-16-41)52-32-42(50-30-35-19-25-38(47-5)26-20-35)44(51-31-36-21-27-39(48-6)28-22-36)43(53)33-49-29-34-17-23-37(46-4)24-18-34/h7-28,42-44,53H,29-33H2,1-6H3/t42-,43-,44+/m1/s1. The molecule has 0 aromatic heterocycles. The molecule has 0 heterocycles. The molecule has 0 aliphatic carbocycles. The van der Waals surface area contributed by atoms with Gasteiger partial charge in [-0.2, -0.15) is 12.6 Å². The quantitative estimate of drug-likeness (QED) is 0.0633. The van der Waals surface area contributed by atoms with E-state index in [0.29, 0.717) is 26.4 Å². The fourth-order valence-corrected chi connectivity index (χ4v) is 11.6. The van der Waals surface area contributed by atoms with E-state index in [2.05, 4.69) is 81.4 Å². The fraction of sp³-hybridized carbons (Fsp3) is 0.333. The van der Waals surface area contributed by atoms with Crippen molar-refractivity contribution in [3.63, 3.8) is 0 Å². The normalized spacial score (nSPS) is 13.5. The van der Waals surface area contributed by atoms with Crippen molar-refractivity contribution in [1.29, 1.82) is 0 Å². The summed E-state index contributed by atoms with van der Waals surface area (Å²) in [5.74, 6) is 2.37. The van der Waals surface area contributed by atoms with Gasteiger partial charge in [0.1, 0.15) is 29.5 Å². The second-order valence-electron chi connectivity index (χ2n) is 14.2. The predicted molar refractivity (Wildman–Crippen MR) is 222 cm³/mol. The van der Waals surface area contributed by atoms with Crippen LogP contribution in [0.2, 0.25) is 5.04 Å². The summed E-state index contributed by atoms with van der Waals surface area (Å²) in [6, 6.07) is 45.0. The zero-order valence-electron chi connectivity index (χ0n) is 32.3. The van der Waals surface area contributed by atoms with Crippen LogP contribution in [0.1, 0.15) is 37.5 Å². The third-order valence-electron chi connectivity index (χ3n) is 9.57. The Morgan fingerprint density at radius 2 is 0.926 bits per heavy atom.